The lowest BCUT2D eigenvalue weighted by molar-refractivity contribution is -0.0799. The number of alkyl halides is 6. The van der Waals surface area contributed by atoms with Crippen LogP contribution >= 0.6 is 15.9 Å². The Morgan fingerprint density at radius 3 is 2.40 bits per heavy atom. The first-order valence-electron chi connectivity index (χ1n) is 10.1. The lowest BCUT2D eigenvalue weighted by Gasteiger charge is -2.27. The van der Waals surface area contributed by atoms with Crippen molar-refractivity contribution >= 4 is 27.0 Å². The van der Waals surface area contributed by atoms with Crippen molar-refractivity contribution in [2.75, 3.05) is 13.2 Å². The van der Waals surface area contributed by atoms with E-state index in [1.165, 1.54) is 17.0 Å². The largest absolute Gasteiger partial charge is 0.484 e. The first kappa shape index (κ1) is 23.6. The molecule has 1 aliphatic rings. The van der Waals surface area contributed by atoms with Crippen molar-refractivity contribution in [3.05, 3.63) is 58.1 Å². The zero-order valence-corrected chi connectivity index (χ0v) is 19.0. The maximum absolute atomic E-state index is 13.7. The molecule has 3 aromatic heterocycles. The molecule has 0 radical (unpaired) electrons. The van der Waals surface area contributed by atoms with E-state index in [4.69, 9.17) is 9.47 Å². The zero-order chi connectivity index (χ0) is 24.9. The normalized spacial score (nSPS) is 14.5. The Kier molecular flexibility index (Phi) is 6.17. The number of hydrogen-bond donors (Lipinski definition) is 0. The maximum atomic E-state index is 13.7. The molecule has 0 N–H and O–H groups in total. The summed E-state index contributed by atoms with van der Waals surface area (Å²) in [6.07, 6.45) is -8.28. The number of halogens is 7. The predicted molar refractivity (Wildman–Crippen MR) is 114 cm³/mol. The molecular formula is C21H14BrF6N5O2. The molecule has 4 heterocycles. The minimum atomic E-state index is -3.25. The van der Waals surface area contributed by atoms with E-state index in [1.54, 1.807) is 12.1 Å². The lowest BCUT2D eigenvalue weighted by Crippen LogP contribution is -2.38. The van der Waals surface area contributed by atoms with Gasteiger partial charge in [0, 0.05) is 6.07 Å². The first-order chi connectivity index (χ1) is 16.7. The van der Waals surface area contributed by atoms with Crippen LogP contribution in [0.4, 0.5) is 26.3 Å². The number of aromatic nitrogens is 5. The predicted octanol–water partition coefficient (Wildman–Crippen LogP) is 5.96. The number of nitrogens with zero attached hydrogens (tertiary/aromatic N) is 5. The molecule has 0 saturated carbocycles. The molecule has 0 aliphatic carbocycles. The van der Waals surface area contributed by atoms with Crippen LogP contribution in [0.2, 0.25) is 0 Å². The molecule has 35 heavy (non-hydrogen) atoms. The van der Waals surface area contributed by atoms with E-state index in [9.17, 15) is 26.3 Å². The van der Waals surface area contributed by atoms with Gasteiger partial charge in [0.25, 0.3) is 19.3 Å². The number of pyridine rings is 1. The second-order valence-electron chi connectivity index (χ2n) is 7.55. The van der Waals surface area contributed by atoms with Gasteiger partial charge in [-0.25, -0.2) is 41.0 Å². The molecule has 0 atom stereocenters. The third kappa shape index (κ3) is 4.35. The Bertz CT molecular complexity index is 1390. The quantitative estimate of drug-likeness (QED) is 0.260. The molecule has 4 aromatic rings. The summed E-state index contributed by atoms with van der Waals surface area (Å²) in [5, 5.41) is 3.43. The monoisotopic (exact) mass is 561 g/mol. The fourth-order valence-electron chi connectivity index (χ4n) is 3.51. The summed E-state index contributed by atoms with van der Waals surface area (Å²) in [6, 6.07) is 6.04. The summed E-state index contributed by atoms with van der Waals surface area (Å²) >= 11 is 3.42. The topological polar surface area (TPSA) is 67.0 Å². The van der Waals surface area contributed by atoms with Crippen LogP contribution in [0, 0.1) is 0 Å². The number of imidazole rings is 1. The molecule has 14 heteroatoms. The molecule has 1 saturated heterocycles. The second-order valence-corrected chi connectivity index (χ2v) is 8.41. The lowest BCUT2D eigenvalue weighted by atomic mass is 10.2. The van der Waals surface area contributed by atoms with E-state index in [0.717, 1.165) is 6.07 Å². The van der Waals surface area contributed by atoms with Crippen LogP contribution in [-0.2, 0) is 4.74 Å². The molecule has 5 rings (SSSR count). The number of hydrogen-bond acceptors (Lipinski definition) is 5. The Hall–Kier alpha value is -3.13. The molecule has 1 fully saturated rings. The van der Waals surface area contributed by atoms with E-state index in [2.05, 4.69) is 31.0 Å². The Morgan fingerprint density at radius 1 is 1.00 bits per heavy atom. The number of rotatable bonds is 7. The molecule has 0 unspecified atom stereocenters. The number of ether oxygens (including phenoxy) is 2. The number of benzene rings is 1. The smallest absolute Gasteiger partial charge is 0.282 e. The van der Waals surface area contributed by atoms with Crippen molar-refractivity contribution in [2.24, 2.45) is 0 Å². The van der Waals surface area contributed by atoms with Crippen molar-refractivity contribution in [3.63, 3.8) is 0 Å². The van der Waals surface area contributed by atoms with E-state index in [1.807, 2.05) is 0 Å². The average Bonchev–Trinajstić information content (AvgIpc) is 3.40. The van der Waals surface area contributed by atoms with E-state index < -0.39 is 42.0 Å². The van der Waals surface area contributed by atoms with Gasteiger partial charge >= 0.3 is 0 Å². The van der Waals surface area contributed by atoms with Gasteiger partial charge in [0.05, 0.1) is 34.3 Å². The highest BCUT2D eigenvalue weighted by molar-refractivity contribution is 9.10. The molecular weight excluding hydrogens is 548 g/mol. The highest BCUT2D eigenvalue weighted by atomic mass is 79.9. The number of fused-ring (bicyclic) bond motifs is 1. The van der Waals surface area contributed by atoms with Gasteiger partial charge in [-0.15, -0.1) is 0 Å². The summed E-state index contributed by atoms with van der Waals surface area (Å²) in [5.41, 5.74) is -1.72. The zero-order valence-electron chi connectivity index (χ0n) is 17.4. The van der Waals surface area contributed by atoms with Crippen molar-refractivity contribution in [2.45, 2.75) is 25.4 Å². The molecule has 0 bridgehead atoms. The minimum absolute atomic E-state index is 0.0363. The third-order valence-electron chi connectivity index (χ3n) is 5.28. The van der Waals surface area contributed by atoms with Crippen molar-refractivity contribution in [3.8, 4) is 17.4 Å². The average molecular weight is 562 g/mol. The van der Waals surface area contributed by atoms with E-state index in [-0.39, 0.29) is 11.9 Å². The van der Waals surface area contributed by atoms with Crippen LogP contribution in [0.3, 0.4) is 0 Å². The van der Waals surface area contributed by atoms with Crippen molar-refractivity contribution in [1.29, 1.82) is 0 Å². The second kappa shape index (κ2) is 9.15. The van der Waals surface area contributed by atoms with Gasteiger partial charge in [0.2, 0.25) is 0 Å². The minimum Gasteiger partial charge on any atom is -0.484 e. The van der Waals surface area contributed by atoms with Crippen LogP contribution in [0.25, 0.3) is 22.7 Å². The van der Waals surface area contributed by atoms with Gasteiger partial charge in [-0.1, -0.05) is 0 Å². The highest BCUT2D eigenvalue weighted by Crippen LogP contribution is 2.34. The Balaban J connectivity index is 1.62. The molecule has 0 spiro atoms. The van der Waals surface area contributed by atoms with E-state index >= 15 is 0 Å². The summed E-state index contributed by atoms with van der Waals surface area (Å²) < 4.78 is 94.0. The fraction of sp³-hybridized carbons (Fsp3) is 0.286. The Labute approximate surface area is 201 Å². The molecule has 7 nitrogen and oxygen atoms in total. The van der Waals surface area contributed by atoms with Gasteiger partial charge in [0.15, 0.2) is 5.82 Å². The first-order valence-corrected chi connectivity index (χ1v) is 10.9. The van der Waals surface area contributed by atoms with Gasteiger partial charge in [-0.3, -0.25) is 4.57 Å². The molecule has 0 amide bonds. The maximum Gasteiger partial charge on any atom is 0.282 e. The van der Waals surface area contributed by atoms with Crippen LogP contribution in [-0.4, -0.2) is 43.6 Å². The van der Waals surface area contributed by atoms with Crippen LogP contribution in [0.15, 0.2) is 41.1 Å². The SMILES string of the molecule is FC(F)c1cc(C(F)F)n(-c2nc(-n3cnc4cc(OC5COC5)c(Br)cc43)ccc2C(F)F)n1. The molecule has 1 aromatic carbocycles. The van der Waals surface area contributed by atoms with Gasteiger partial charge < -0.3 is 9.47 Å². The highest BCUT2D eigenvalue weighted by Gasteiger charge is 2.27. The van der Waals surface area contributed by atoms with Crippen LogP contribution in [0.1, 0.15) is 36.2 Å². The van der Waals surface area contributed by atoms with Crippen molar-refractivity contribution in [1.82, 2.24) is 24.3 Å². The third-order valence-corrected chi connectivity index (χ3v) is 5.90. The molecule has 1 aliphatic heterocycles. The summed E-state index contributed by atoms with van der Waals surface area (Å²) in [5.74, 6) is -0.130. The van der Waals surface area contributed by atoms with Gasteiger partial charge in [-0.05, 0) is 40.2 Å². The van der Waals surface area contributed by atoms with Crippen molar-refractivity contribution < 1.29 is 35.8 Å². The fourth-order valence-corrected chi connectivity index (χ4v) is 3.94. The van der Waals surface area contributed by atoms with Crippen LogP contribution < -0.4 is 4.74 Å². The van der Waals surface area contributed by atoms with Gasteiger partial charge in [0.1, 0.15) is 35.4 Å². The van der Waals surface area contributed by atoms with E-state index in [0.29, 0.717) is 45.2 Å². The van der Waals surface area contributed by atoms with Crippen LogP contribution in [0.5, 0.6) is 5.75 Å². The summed E-state index contributed by atoms with van der Waals surface area (Å²) in [4.78, 5) is 8.38. The van der Waals surface area contributed by atoms with Gasteiger partial charge in [-0.2, -0.15) is 5.10 Å². The molecule has 184 valence electrons. The summed E-state index contributed by atoms with van der Waals surface area (Å²) in [7, 11) is 0. The standard InChI is InChI=1S/C21H14BrF6N5O2/c22-11-3-14-12(5-16(11)35-9-6-34-7-9)29-8-32(14)17-2-1-10(18(23)24)21(30-17)33-15(20(27)28)4-13(31-33)19(25)26/h1-5,8-9,18-20H,6-7H2. The summed E-state index contributed by atoms with van der Waals surface area (Å²) in [6.45, 7) is 0.923. The Morgan fingerprint density at radius 2 is 1.77 bits per heavy atom.